The Morgan fingerprint density at radius 2 is 1.87 bits per heavy atom. The van der Waals surface area contributed by atoms with E-state index in [0.29, 0.717) is 40.3 Å². The lowest BCUT2D eigenvalue weighted by Crippen LogP contribution is -2.29. The standard InChI is InChI=1S/C21H20N2O7S/c1-22-6-7-28-18-8-14(3-4-16(18)22)31(26,27)23-11-13(2-5-21(24)25)15-9-19-20(10-17(15)23)30-12-29-19/h3-4,8-11H,2,5-7,12H2,1H3,(H,24,25). The van der Waals surface area contributed by atoms with Crippen molar-refractivity contribution in [3.63, 3.8) is 0 Å². The van der Waals surface area contributed by atoms with Crippen molar-refractivity contribution < 1.29 is 32.5 Å². The van der Waals surface area contributed by atoms with Crippen molar-refractivity contribution in [1.29, 1.82) is 0 Å². The average Bonchev–Trinajstić information content (AvgIpc) is 3.34. The molecule has 0 aliphatic carbocycles. The Kier molecular flexibility index (Phi) is 4.47. The number of rotatable bonds is 5. The molecule has 1 N–H and O–H groups in total. The summed E-state index contributed by atoms with van der Waals surface area (Å²) in [6.45, 7) is 1.25. The van der Waals surface area contributed by atoms with Gasteiger partial charge in [-0.05, 0) is 30.2 Å². The van der Waals surface area contributed by atoms with E-state index in [1.165, 1.54) is 16.2 Å². The highest BCUT2D eigenvalue weighted by molar-refractivity contribution is 7.90. The highest BCUT2D eigenvalue weighted by Crippen LogP contribution is 2.40. The van der Waals surface area contributed by atoms with Gasteiger partial charge in [-0.15, -0.1) is 0 Å². The third-order valence-corrected chi connectivity index (χ3v) is 7.21. The van der Waals surface area contributed by atoms with Gasteiger partial charge in [0.1, 0.15) is 12.4 Å². The minimum atomic E-state index is -3.98. The Hall–Kier alpha value is -3.40. The van der Waals surface area contributed by atoms with Gasteiger partial charge < -0.3 is 24.2 Å². The molecule has 0 fully saturated rings. The molecular weight excluding hydrogens is 424 g/mol. The Labute approximate surface area is 178 Å². The van der Waals surface area contributed by atoms with Crippen LogP contribution in [0.3, 0.4) is 0 Å². The molecule has 0 amide bonds. The second-order valence-corrected chi connectivity index (χ2v) is 9.29. The van der Waals surface area contributed by atoms with Crippen molar-refractivity contribution in [3.8, 4) is 17.2 Å². The minimum absolute atomic E-state index is 0.0504. The maximum atomic E-state index is 13.6. The van der Waals surface area contributed by atoms with Crippen molar-refractivity contribution in [3.05, 3.63) is 42.1 Å². The lowest BCUT2D eigenvalue weighted by atomic mass is 10.1. The molecule has 0 saturated heterocycles. The number of hydrogen-bond donors (Lipinski definition) is 1. The van der Waals surface area contributed by atoms with Crippen LogP contribution in [0.15, 0.2) is 41.4 Å². The van der Waals surface area contributed by atoms with E-state index in [-0.39, 0.29) is 24.5 Å². The SMILES string of the molecule is CN1CCOc2cc(S(=O)(=O)n3cc(CCC(=O)O)c4cc5c(cc43)OCO5)ccc21. The lowest BCUT2D eigenvalue weighted by molar-refractivity contribution is -0.136. The van der Waals surface area contributed by atoms with E-state index in [2.05, 4.69) is 0 Å². The van der Waals surface area contributed by atoms with E-state index < -0.39 is 16.0 Å². The topological polar surface area (TPSA) is 107 Å². The Morgan fingerprint density at radius 1 is 1.10 bits per heavy atom. The molecule has 5 rings (SSSR count). The summed E-state index contributed by atoms with van der Waals surface area (Å²) in [4.78, 5) is 13.2. The molecule has 10 heteroatoms. The van der Waals surface area contributed by atoms with Gasteiger partial charge in [-0.3, -0.25) is 4.79 Å². The normalized spacial score (nSPS) is 15.1. The summed E-state index contributed by atoms with van der Waals surface area (Å²) in [7, 11) is -2.05. The van der Waals surface area contributed by atoms with Crippen LogP contribution in [0.4, 0.5) is 5.69 Å². The van der Waals surface area contributed by atoms with Gasteiger partial charge in [-0.2, -0.15) is 0 Å². The molecule has 3 aromatic rings. The number of benzene rings is 2. The molecule has 31 heavy (non-hydrogen) atoms. The zero-order valence-electron chi connectivity index (χ0n) is 16.7. The van der Waals surface area contributed by atoms with Crippen LogP contribution in [0.2, 0.25) is 0 Å². The molecule has 2 aliphatic heterocycles. The van der Waals surface area contributed by atoms with E-state index in [4.69, 9.17) is 19.3 Å². The van der Waals surface area contributed by atoms with Crippen LogP contribution in [0.25, 0.3) is 10.9 Å². The number of aryl methyl sites for hydroxylation is 1. The van der Waals surface area contributed by atoms with Crippen molar-refractivity contribution in [1.82, 2.24) is 3.97 Å². The fourth-order valence-electron chi connectivity index (χ4n) is 3.90. The van der Waals surface area contributed by atoms with Gasteiger partial charge in [-0.25, -0.2) is 12.4 Å². The van der Waals surface area contributed by atoms with Crippen molar-refractivity contribution in [2.24, 2.45) is 0 Å². The van der Waals surface area contributed by atoms with Gasteiger partial charge in [-0.1, -0.05) is 0 Å². The zero-order chi connectivity index (χ0) is 21.8. The first-order chi connectivity index (χ1) is 14.8. The van der Waals surface area contributed by atoms with Crippen LogP contribution < -0.4 is 19.1 Å². The van der Waals surface area contributed by atoms with E-state index >= 15 is 0 Å². The van der Waals surface area contributed by atoms with Gasteiger partial charge in [0.25, 0.3) is 10.0 Å². The molecule has 2 aromatic carbocycles. The third kappa shape index (κ3) is 3.23. The molecule has 1 aromatic heterocycles. The molecule has 0 unspecified atom stereocenters. The zero-order valence-corrected chi connectivity index (χ0v) is 17.5. The highest BCUT2D eigenvalue weighted by atomic mass is 32.2. The van der Waals surface area contributed by atoms with Crippen LogP contribution in [-0.2, 0) is 21.2 Å². The maximum absolute atomic E-state index is 13.6. The molecule has 0 saturated carbocycles. The van der Waals surface area contributed by atoms with Gasteiger partial charge in [0.05, 0.1) is 22.6 Å². The average molecular weight is 444 g/mol. The van der Waals surface area contributed by atoms with Gasteiger partial charge in [0, 0.05) is 37.2 Å². The van der Waals surface area contributed by atoms with Gasteiger partial charge in [0.2, 0.25) is 6.79 Å². The van der Waals surface area contributed by atoms with E-state index in [9.17, 15) is 13.2 Å². The number of ether oxygens (including phenoxy) is 3. The molecule has 0 atom stereocenters. The largest absolute Gasteiger partial charge is 0.490 e. The predicted molar refractivity (Wildman–Crippen MR) is 112 cm³/mol. The first kappa shape index (κ1) is 19.6. The minimum Gasteiger partial charge on any atom is -0.490 e. The van der Waals surface area contributed by atoms with Gasteiger partial charge >= 0.3 is 5.97 Å². The number of hydrogen-bond acceptors (Lipinski definition) is 7. The predicted octanol–water partition coefficient (Wildman–Crippen LogP) is 2.45. The third-order valence-electron chi connectivity index (χ3n) is 5.54. The fourth-order valence-corrected chi connectivity index (χ4v) is 5.30. The summed E-state index contributed by atoms with van der Waals surface area (Å²) in [6, 6.07) is 8.12. The number of nitrogens with zero attached hydrogens (tertiary/aromatic N) is 2. The maximum Gasteiger partial charge on any atom is 0.303 e. The van der Waals surface area contributed by atoms with Crippen molar-refractivity contribution in [2.45, 2.75) is 17.7 Å². The molecule has 9 nitrogen and oxygen atoms in total. The second kappa shape index (κ2) is 7.09. The molecule has 3 heterocycles. The first-order valence-corrected chi connectivity index (χ1v) is 11.2. The Morgan fingerprint density at radius 3 is 2.65 bits per heavy atom. The molecule has 0 radical (unpaired) electrons. The first-order valence-electron chi connectivity index (χ1n) is 9.73. The molecular formula is C21H20N2O7S. The molecule has 162 valence electrons. The van der Waals surface area contributed by atoms with Gasteiger partial charge in [0.15, 0.2) is 11.5 Å². The summed E-state index contributed by atoms with van der Waals surface area (Å²) in [6.07, 6.45) is 1.54. The van der Waals surface area contributed by atoms with Crippen LogP contribution in [-0.4, -0.2) is 50.5 Å². The second-order valence-electron chi connectivity index (χ2n) is 7.47. The summed E-state index contributed by atoms with van der Waals surface area (Å²) < 4.78 is 44.8. The molecule has 2 aliphatic rings. The number of anilines is 1. The summed E-state index contributed by atoms with van der Waals surface area (Å²) in [5.41, 5.74) is 1.83. The van der Waals surface area contributed by atoms with E-state index in [0.717, 1.165) is 12.2 Å². The number of likely N-dealkylation sites (N-methyl/N-ethyl adjacent to an activating group) is 1. The molecule has 0 bridgehead atoms. The van der Waals surface area contributed by atoms with Crippen molar-refractivity contribution in [2.75, 3.05) is 31.9 Å². The molecule has 0 spiro atoms. The number of carbonyl (C=O) groups is 1. The smallest absolute Gasteiger partial charge is 0.303 e. The van der Waals surface area contributed by atoms with Crippen LogP contribution in [0.5, 0.6) is 17.2 Å². The van der Waals surface area contributed by atoms with E-state index in [1.54, 1.807) is 24.3 Å². The Balaban J connectivity index is 1.66. The van der Waals surface area contributed by atoms with Crippen LogP contribution in [0.1, 0.15) is 12.0 Å². The monoisotopic (exact) mass is 444 g/mol. The van der Waals surface area contributed by atoms with Crippen LogP contribution >= 0.6 is 0 Å². The summed E-state index contributed by atoms with van der Waals surface area (Å²) >= 11 is 0. The summed E-state index contributed by atoms with van der Waals surface area (Å²) in [5.74, 6) is 0.502. The number of aliphatic carboxylic acids is 1. The number of carboxylic acids is 1. The lowest BCUT2D eigenvalue weighted by Gasteiger charge is -2.27. The van der Waals surface area contributed by atoms with E-state index in [1.807, 2.05) is 11.9 Å². The Bertz CT molecular complexity index is 1310. The van der Waals surface area contributed by atoms with Crippen molar-refractivity contribution >= 4 is 32.6 Å². The highest BCUT2D eigenvalue weighted by Gasteiger charge is 2.27. The number of aromatic nitrogens is 1. The quantitative estimate of drug-likeness (QED) is 0.640. The number of carboxylic acid groups (broad SMARTS) is 1. The number of fused-ring (bicyclic) bond motifs is 3. The van der Waals surface area contributed by atoms with Crippen LogP contribution in [0, 0.1) is 0 Å². The summed E-state index contributed by atoms with van der Waals surface area (Å²) in [5, 5.41) is 9.71. The fraction of sp³-hybridized carbons (Fsp3) is 0.286.